The molecule has 0 amide bonds. The maximum absolute atomic E-state index is 6.38. The number of fused-ring (bicyclic) bond motifs is 2. The van der Waals surface area contributed by atoms with E-state index in [0.717, 1.165) is 17.9 Å². The molecule has 0 aliphatic carbocycles. The number of nitrogens with zero attached hydrogens (tertiary/aromatic N) is 1. The molecule has 3 heteroatoms. The smallest absolute Gasteiger partial charge is 0.0642 e. The fourth-order valence-electron chi connectivity index (χ4n) is 3.53. The van der Waals surface area contributed by atoms with Crippen molar-refractivity contribution in [1.29, 1.82) is 0 Å². The highest BCUT2D eigenvalue weighted by atomic mass is 35.5. The Balaban J connectivity index is 2.00. The normalized spacial score (nSPS) is 31.9. The molecular weight excluding hydrogens is 232 g/mol. The highest BCUT2D eigenvalue weighted by molar-refractivity contribution is 6.33. The lowest BCUT2D eigenvalue weighted by atomic mass is 9.96. The van der Waals surface area contributed by atoms with Crippen molar-refractivity contribution in [3.8, 4) is 0 Å². The molecular formula is C14H19ClN2. The molecule has 92 valence electrons. The van der Waals surface area contributed by atoms with Gasteiger partial charge in [-0.25, -0.2) is 0 Å². The van der Waals surface area contributed by atoms with Gasteiger partial charge in [0.05, 0.1) is 10.7 Å². The second-order valence-corrected chi connectivity index (χ2v) is 5.84. The van der Waals surface area contributed by atoms with Crippen molar-refractivity contribution in [1.82, 2.24) is 0 Å². The van der Waals surface area contributed by atoms with Crippen molar-refractivity contribution in [3.63, 3.8) is 0 Å². The predicted molar refractivity (Wildman–Crippen MR) is 72.7 cm³/mol. The molecule has 1 aromatic carbocycles. The Hall–Kier alpha value is -0.730. The average molecular weight is 251 g/mol. The molecule has 2 aliphatic rings. The molecule has 0 aromatic heterocycles. The van der Waals surface area contributed by atoms with E-state index in [-0.39, 0.29) is 0 Å². The summed E-state index contributed by atoms with van der Waals surface area (Å²) in [5.74, 6) is 0. The number of halogens is 1. The molecule has 2 heterocycles. The fourth-order valence-corrected chi connectivity index (χ4v) is 3.85. The maximum atomic E-state index is 6.38. The number of hydrogen-bond acceptors (Lipinski definition) is 2. The van der Waals surface area contributed by atoms with Gasteiger partial charge < -0.3 is 10.6 Å². The first-order chi connectivity index (χ1) is 8.16. The first-order valence-corrected chi connectivity index (χ1v) is 6.83. The van der Waals surface area contributed by atoms with Crippen molar-refractivity contribution < 1.29 is 0 Å². The Morgan fingerprint density at radius 1 is 1.24 bits per heavy atom. The Kier molecular flexibility index (Phi) is 2.80. The summed E-state index contributed by atoms with van der Waals surface area (Å²) >= 11 is 6.38. The number of benzene rings is 1. The van der Waals surface area contributed by atoms with Crippen molar-refractivity contribution in [2.45, 2.75) is 50.7 Å². The van der Waals surface area contributed by atoms with E-state index in [4.69, 9.17) is 17.3 Å². The zero-order valence-corrected chi connectivity index (χ0v) is 11.0. The third-order valence-corrected chi connectivity index (χ3v) is 4.52. The van der Waals surface area contributed by atoms with E-state index in [1.165, 1.54) is 24.1 Å². The number of nitrogens with two attached hydrogens (primary N) is 1. The minimum absolute atomic E-state index is 0.381. The van der Waals surface area contributed by atoms with Gasteiger partial charge >= 0.3 is 0 Å². The van der Waals surface area contributed by atoms with Crippen LogP contribution in [0.3, 0.4) is 0 Å². The molecule has 0 saturated carbocycles. The Bertz CT molecular complexity index is 398. The summed E-state index contributed by atoms with van der Waals surface area (Å²) in [6.07, 6.45) is 4.76. The molecule has 2 unspecified atom stereocenters. The molecule has 1 aromatic rings. The number of hydrogen-bond donors (Lipinski definition) is 1. The van der Waals surface area contributed by atoms with E-state index >= 15 is 0 Å². The quantitative estimate of drug-likeness (QED) is 0.830. The van der Waals surface area contributed by atoms with Crippen molar-refractivity contribution >= 4 is 17.3 Å². The van der Waals surface area contributed by atoms with Crippen LogP contribution in [0.4, 0.5) is 5.69 Å². The van der Waals surface area contributed by atoms with Gasteiger partial charge in [0.1, 0.15) is 0 Å². The molecule has 17 heavy (non-hydrogen) atoms. The number of aryl methyl sites for hydroxylation is 1. The van der Waals surface area contributed by atoms with E-state index in [9.17, 15) is 0 Å². The minimum Gasteiger partial charge on any atom is -0.364 e. The summed E-state index contributed by atoms with van der Waals surface area (Å²) in [5, 5.41) is 0.886. The van der Waals surface area contributed by atoms with E-state index in [1.54, 1.807) is 0 Å². The van der Waals surface area contributed by atoms with Crippen molar-refractivity contribution in [2.24, 2.45) is 5.73 Å². The minimum atomic E-state index is 0.381. The van der Waals surface area contributed by atoms with E-state index in [0.29, 0.717) is 18.1 Å². The summed E-state index contributed by atoms with van der Waals surface area (Å²) in [4.78, 5) is 2.54. The Morgan fingerprint density at radius 2 is 1.88 bits per heavy atom. The molecule has 2 bridgehead atoms. The maximum Gasteiger partial charge on any atom is 0.0642 e. The van der Waals surface area contributed by atoms with Crippen LogP contribution in [0.2, 0.25) is 5.02 Å². The topological polar surface area (TPSA) is 29.3 Å². The first kappa shape index (κ1) is 11.4. The van der Waals surface area contributed by atoms with Gasteiger partial charge in [0.25, 0.3) is 0 Å². The van der Waals surface area contributed by atoms with Crippen LogP contribution in [0, 0.1) is 6.92 Å². The first-order valence-electron chi connectivity index (χ1n) is 6.46. The lowest BCUT2D eigenvalue weighted by Crippen LogP contribution is -2.47. The summed E-state index contributed by atoms with van der Waals surface area (Å²) in [7, 11) is 0. The number of anilines is 1. The third-order valence-electron chi connectivity index (χ3n) is 4.22. The number of rotatable bonds is 1. The van der Waals surface area contributed by atoms with Gasteiger partial charge in [-0.3, -0.25) is 0 Å². The fraction of sp³-hybridized carbons (Fsp3) is 0.571. The highest BCUT2D eigenvalue weighted by Gasteiger charge is 2.40. The van der Waals surface area contributed by atoms with Crippen LogP contribution in [-0.4, -0.2) is 18.1 Å². The van der Waals surface area contributed by atoms with Crippen molar-refractivity contribution in [3.05, 3.63) is 28.8 Å². The van der Waals surface area contributed by atoms with Crippen LogP contribution >= 0.6 is 11.6 Å². The second-order valence-electron chi connectivity index (χ2n) is 5.43. The van der Waals surface area contributed by atoms with Gasteiger partial charge in [-0.2, -0.15) is 0 Å². The molecule has 3 rings (SSSR count). The van der Waals surface area contributed by atoms with Gasteiger partial charge in [-0.1, -0.05) is 23.7 Å². The van der Waals surface area contributed by atoms with Gasteiger partial charge in [0.15, 0.2) is 0 Å². The molecule has 2 atom stereocenters. The Morgan fingerprint density at radius 3 is 2.47 bits per heavy atom. The largest absolute Gasteiger partial charge is 0.364 e. The molecule has 2 N–H and O–H groups in total. The summed E-state index contributed by atoms with van der Waals surface area (Å²) < 4.78 is 0. The highest BCUT2D eigenvalue weighted by Crippen LogP contribution is 2.42. The van der Waals surface area contributed by atoms with Crippen LogP contribution in [0.15, 0.2) is 18.2 Å². The molecule has 2 fully saturated rings. The summed E-state index contributed by atoms with van der Waals surface area (Å²) in [5.41, 5.74) is 8.64. The van der Waals surface area contributed by atoms with Crippen molar-refractivity contribution in [2.75, 3.05) is 4.90 Å². The zero-order valence-electron chi connectivity index (χ0n) is 10.2. The SMILES string of the molecule is Cc1cccc(Cl)c1N1C2CCC1CC(N)C2. The van der Waals surface area contributed by atoms with Crippen LogP contribution in [0.1, 0.15) is 31.2 Å². The van der Waals surface area contributed by atoms with Crippen LogP contribution in [0.5, 0.6) is 0 Å². The van der Waals surface area contributed by atoms with E-state index in [1.807, 2.05) is 12.1 Å². The van der Waals surface area contributed by atoms with Gasteiger partial charge in [-0.15, -0.1) is 0 Å². The third kappa shape index (κ3) is 1.84. The van der Waals surface area contributed by atoms with E-state index in [2.05, 4.69) is 17.9 Å². The van der Waals surface area contributed by atoms with Gasteiger partial charge in [-0.05, 0) is 44.2 Å². The molecule has 0 radical (unpaired) electrons. The molecule has 2 aliphatic heterocycles. The summed E-state index contributed by atoms with van der Waals surface area (Å²) in [6, 6.07) is 7.75. The standard InChI is InChI=1S/C14H19ClN2/c1-9-3-2-4-13(15)14(9)17-11-5-6-12(17)8-10(16)7-11/h2-4,10-12H,5-8,16H2,1H3. The van der Waals surface area contributed by atoms with Gasteiger partial charge in [0.2, 0.25) is 0 Å². The monoisotopic (exact) mass is 250 g/mol. The number of para-hydroxylation sites is 1. The van der Waals surface area contributed by atoms with Gasteiger partial charge in [0, 0.05) is 18.1 Å². The van der Waals surface area contributed by atoms with E-state index < -0.39 is 0 Å². The van der Waals surface area contributed by atoms with Crippen LogP contribution in [0.25, 0.3) is 0 Å². The Labute approximate surface area is 108 Å². The molecule has 0 spiro atoms. The zero-order chi connectivity index (χ0) is 12.0. The second kappa shape index (κ2) is 4.18. The average Bonchev–Trinajstić information content (AvgIpc) is 2.54. The summed E-state index contributed by atoms with van der Waals surface area (Å²) in [6.45, 7) is 2.15. The molecule has 2 saturated heterocycles. The lowest BCUT2D eigenvalue weighted by molar-refractivity contribution is 0.414. The van der Waals surface area contributed by atoms with Crippen LogP contribution in [-0.2, 0) is 0 Å². The number of piperidine rings is 1. The molecule has 2 nitrogen and oxygen atoms in total. The predicted octanol–water partition coefficient (Wildman–Crippen LogP) is 3.11. The van der Waals surface area contributed by atoms with Crippen LogP contribution < -0.4 is 10.6 Å². The lowest BCUT2D eigenvalue weighted by Gasteiger charge is -2.40.